The molecule has 3 nitrogen and oxygen atoms in total. The van der Waals surface area contributed by atoms with Crippen LogP contribution in [0.25, 0.3) is 0 Å². The van der Waals surface area contributed by atoms with Gasteiger partial charge in [-0.25, -0.2) is 0 Å². The van der Waals surface area contributed by atoms with Gasteiger partial charge in [0.1, 0.15) is 0 Å². The summed E-state index contributed by atoms with van der Waals surface area (Å²) in [5.74, 6) is 0.862. The normalized spacial score (nSPS) is 25.9. The average Bonchev–Trinajstić information content (AvgIpc) is 3.12. The van der Waals surface area contributed by atoms with Crippen LogP contribution in [0.15, 0.2) is 0 Å². The molecule has 16 heavy (non-hydrogen) atoms. The molecule has 2 rings (SSSR count). The fourth-order valence-electron chi connectivity index (χ4n) is 2.64. The Bertz CT molecular complexity index is 195. The molecule has 0 amide bonds. The van der Waals surface area contributed by atoms with Gasteiger partial charge in [-0.05, 0) is 44.7 Å². The largest absolute Gasteiger partial charge is 0.327 e. The quantitative estimate of drug-likeness (QED) is 0.736. The molecule has 0 bridgehead atoms. The predicted molar refractivity (Wildman–Crippen MR) is 68.5 cm³/mol. The monoisotopic (exact) mass is 225 g/mol. The van der Waals surface area contributed by atoms with Crippen LogP contribution in [-0.4, -0.2) is 55.1 Å². The number of hydrogen-bond acceptors (Lipinski definition) is 3. The summed E-state index contributed by atoms with van der Waals surface area (Å²) in [4.78, 5) is 5.17. The minimum atomic E-state index is 0.480. The van der Waals surface area contributed by atoms with E-state index in [-0.39, 0.29) is 0 Å². The van der Waals surface area contributed by atoms with Crippen molar-refractivity contribution < 1.29 is 0 Å². The highest BCUT2D eigenvalue weighted by atomic mass is 15.3. The highest BCUT2D eigenvalue weighted by Crippen LogP contribution is 2.32. The van der Waals surface area contributed by atoms with Crippen molar-refractivity contribution >= 4 is 0 Å². The minimum absolute atomic E-state index is 0.480. The topological polar surface area (TPSA) is 32.5 Å². The molecule has 1 aliphatic carbocycles. The first-order chi connectivity index (χ1) is 7.79. The van der Waals surface area contributed by atoms with E-state index in [4.69, 9.17) is 5.73 Å². The van der Waals surface area contributed by atoms with E-state index in [2.05, 4.69) is 16.7 Å². The molecular formula is C13H27N3. The van der Waals surface area contributed by atoms with Crippen molar-refractivity contribution in [1.29, 1.82) is 0 Å². The molecule has 1 saturated carbocycles. The van der Waals surface area contributed by atoms with Gasteiger partial charge in [0, 0.05) is 32.2 Å². The number of nitrogens with two attached hydrogens (primary N) is 1. The molecule has 0 aromatic rings. The van der Waals surface area contributed by atoms with Crippen molar-refractivity contribution in [2.24, 2.45) is 11.7 Å². The van der Waals surface area contributed by atoms with Crippen LogP contribution in [0, 0.1) is 5.92 Å². The Morgan fingerprint density at radius 2 is 1.62 bits per heavy atom. The molecule has 0 aromatic carbocycles. The lowest BCUT2D eigenvalue weighted by molar-refractivity contribution is 0.129. The molecule has 0 radical (unpaired) electrons. The third kappa shape index (κ3) is 3.72. The Balaban J connectivity index is 1.57. The lowest BCUT2D eigenvalue weighted by atomic mass is 10.1. The number of hydrogen-bond donors (Lipinski definition) is 1. The summed E-state index contributed by atoms with van der Waals surface area (Å²) in [6.07, 6.45) is 5.25. The molecule has 94 valence electrons. The van der Waals surface area contributed by atoms with Crippen molar-refractivity contribution in [2.45, 2.75) is 38.6 Å². The lowest BCUT2D eigenvalue weighted by Crippen LogP contribution is -2.47. The average molecular weight is 225 g/mol. The van der Waals surface area contributed by atoms with Crippen molar-refractivity contribution in [2.75, 3.05) is 39.3 Å². The SMILES string of the molecule is CCCN1CCN(CCC(N)C2CC2)CC1. The smallest absolute Gasteiger partial charge is 0.0110 e. The highest BCUT2D eigenvalue weighted by molar-refractivity contribution is 4.85. The molecule has 2 N–H and O–H groups in total. The maximum atomic E-state index is 6.13. The molecule has 1 unspecified atom stereocenters. The first-order valence-corrected chi connectivity index (χ1v) is 7.00. The maximum Gasteiger partial charge on any atom is 0.0110 e. The van der Waals surface area contributed by atoms with Gasteiger partial charge in [-0.15, -0.1) is 0 Å². The van der Waals surface area contributed by atoms with Gasteiger partial charge in [0.2, 0.25) is 0 Å². The minimum Gasteiger partial charge on any atom is -0.327 e. The number of nitrogens with zero attached hydrogens (tertiary/aromatic N) is 2. The van der Waals surface area contributed by atoms with Crippen molar-refractivity contribution in [3.05, 3.63) is 0 Å². The molecule has 3 heteroatoms. The van der Waals surface area contributed by atoms with Crippen LogP contribution in [0.4, 0.5) is 0 Å². The zero-order valence-corrected chi connectivity index (χ0v) is 10.7. The van der Waals surface area contributed by atoms with E-state index >= 15 is 0 Å². The van der Waals surface area contributed by atoms with Crippen LogP contribution in [0.3, 0.4) is 0 Å². The van der Waals surface area contributed by atoms with E-state index in [0.717, 1.165) is 5.92 Å². The van der Waals surface area contributed by atoms with E-state index in [0.29, 0.717) is 6.04 Å². The van der Waals surface area contributed by atoms with Gasteiger partial charge in [0.25, 0.3) is 0 Å². The van der Waals surface area contributed by atoms with Crippen LogP contribution < -0.4 is 5.73 Å². The molecule has 1 heterocycles. The zero-order chi connectivity index (χ0) is 11.4. The van der Waals surface area contributed by atoms with Crippen molar-refractivity contribution in [3.8, 4) is 0 Å². The van der Waals surface area contributed by atoms with Crippen LogP contribution in [0.5, 0.6) is 0 Å². The summed E-state index contributed by atoms with van der Waals surface area (Å²) in [5, 5.41) is 0. The maximum absolute atomic E-state index is 6.13. The fraction of sp³-hybridized carbons (Fsp3) is 1.00. The van der Waals surface area contributed by atoms with Gasteiger partial charge in [0.05, 0.1) is 0 Å². The summed E-state index contributed by atoms with van der Waals surface area (Å²) < 4.78 is 0. The first kappa shape index (κ1) is 12.3. The van der Waals surface area contributed by atoms with Gasteiger partial charge >= 0.3 is 0 Å². The molecule has 1 atom stereocenters. The van der Waals surface area contributed by atoms with Gasteiger partial charge in [-0.3, -0.25) is 0 Å². The summed E-state index contributed by atoms with van der Waals surface area (Å²) in [5.41, 5.74) is 6.13. The van der Waals surface area contributed by atoms with E-state index in [1.54, 1.807) is 0 Å². The Hall–Kier alpha value is -0.120. The third-order valence-electron chi connectivity index (χ3n) is 4.01. The Morgan fingerprint density at radius 3 is 2.12 bits per heavy atom. The molecule has 2 aliphatic rings. The Labute approximate surface area is 100.0 Å². The van der Waals surface area contributed by atoms with Crippen LogP contribution in [0.2, 0.25) is 0 Å². The molecule has 1 saturated heterocycles. The molecule has 0 spiro atoms. The molecular weight excluding hydrogens is 198 g/mol. The van der Waals surface area contributed by atoms with E-state index in [1.165, 1.54) is 65.0 Å². The van der Waals surface area contributed by atoms with Gasteiger partial charge in [-0.1, -0.05) is 6.92 Å². The second-order valence-corrected chi connectivity index (χ2v) is 5.47. The third-order valence-corrected chi connectivity index (χ3v) is 4.01. The Kier molecular flexibility index (Phi) is 4.62. The lowest BCUT2D eigenvalue weighted by Gasteiger charge is -2.34. The zero-order valence-electron chi connectivity index (χ0n) is 10.7. The predicted octanol–water partition coefficient (Wildman–Crippen LogP) is 1.14. The molecule has 0 aromatic heterocycles. The number of rotatable bonds is 6. The summed E-state index contributed by atoms with van der Waals surface area (Å²) in [6, 6.07) is 0.480. The van der Waals surface area contributed by atoms with Gasteiger partial charge < -0.3 is 15.5 Å². The second kappa shape index (κ2) is 5.99. The number of piperazine rings is 1. The van der Waals surface area contributed by atoms with Crippen molar-refractivity contribution in [3.63, 3.8) is 0 Å². The van der Waals surface area contributed by atoms with E-state index < -0.39 is 0 Å². The summed E-state index contributed by atoms with van der Waals surface area (Å²) in [6.45, 7) is 9.77. The van der Waals surface area contributed by atoms with Crippen molar-refractivity contribution in [1.82, 2.24) is 9.80 Å². The van der Waals surface area contributed by atoms with Crippen LogP contribution >= 0.6 is 0 Å². The van der Waals surface area contributed by atoms with E-state index in [1.807, 2.05) is 0 Å². The molecule has 1 aliphatic heterocycles. The highest BCUT2D eigenvalue weighted by Gasteiger charge is 2.28. The molecule has 2 fully saturated rings. The fourth-order valence-corrected chi connectivity index (χ4v) is 2.64. The van der Waals surface area contributed by atoms with Gasteiger partial charge in [0.15, 0.2) is 0 Å². The summed E-state index contributed by atoms with van der Waals surface area (Å²) in [7, 11) is 0. The van der Waals surface area contributed by atoms with E-state index in [9.17, 15) is 0 Å². The Morgan fingerprint density at radius 1 is 1.06 bits per heavy atom. The van der Waals surface area contributed by atoms with Crippen LogP contribution in [-0.2, 0) is 0 Å². The summed E-state index contributed by atoms with van der Waals surface area (Å²) >= 11 is 0. The first-order valence-electron chi connectivity index (χ1n) is 7.00. The van der Waals surface area contributed by atoms with Gasteiger partial charge in [-0.2, -0.15) is 0 Å². The standard InChI is InChI=1S/C13H27N3/c1-2-6-15-8-10-16(11-9-15)7-5-13(14)12-3-4-12/h12-13H,2-11,14H2,1H3. The van der Waals surface area contributed by atoms with Crippen LogP contribution in [0.1, 0.15) is 32.6 Å². The second-order valence-electron chi connectivity index (χ2n) is 5.47.